The second kappa shape index (κ2) is 6.02. The van der Waals surface area contributed by atoms with E-state index >= 15 is 0 Å². The van der Waals surface area contributed by atoms with Crippen molar-refractivity contribution in [2.75, 3.05) is 18.6 Å². The van der Waals surface area contributed by atoms with Crippen molar-refractivity contribution >= 4 is 11.6 Å². The lowest BCUT2D eigenvalue weighted by molar-refractivity contribution is -0.119. The number of tetrazole rings is 1. The number of nitrogens with zero attached hydrogens (tertiary/aromatic N) is 6. The number of anilines is 1. The number of carbonyl (C=O) groups excluding carboxylic acids is 1. The van der Waals surface area contributed by atoms with Crippen molar-refractivity contribution in [2.24, 2.45) is 5.73 Å². The lowest BCUT2D eigenvalue weighted by Crippen LogP contribution is -2.43. The fourth-order valence-corrected chi connectivity index (χ4v) is 2.38. The Bertz CT molecular complexity index is 780. The molecule has 9 heteroatoms. The first kappa shape index (κ1) is 14.9. The fourth-order valence-electron chi connectivity index (χ4n) is 2.38. The van der Waals surface area contributed by atoms with Gasteiger partial charge in [0.25, 0.3) is 0 Å². The normalized spacial score (nSPS) is 17.2. The van der Waals surface area contributed by atoms with E-state index in [-0.39, 0.29) is 12.5 Å². The van der Waals surface area contributed by atoms with E-state index in [4.69, 9.17) is 15.7 Å². The van der Waals surface area contributed by atoms with Crippen LogP contribution in [0.5, 0.6) is 5.75 Å². The summed E-state index contributed by atoms with van der Waals surface area (Å²) in [5.41, 5.74) is 7.11. The number of rotatable bonds is 3. The van der Waals surface area contributed by atoms with Crippen molar-refractivity contribution in [3.05, 3.63) is 18.2 Å². The summed E-state index contributed by atoms with van der Waals surface area (Å²) in [6, 6.07) is 6.71. The molecule has 2 N–H and O–H groups in total. The first-order valence-electron chi connectivity index (χ1n) is 7.05. The van der Waals surface area contributed by atoms with Gasteiger partial charge < -0.3 is 15.4 Å². The molecule has 0 fully saturated rings. The molecule has 23 heavy (non-hydrogen) atoms. The third-order valence-electron chi connectivity index (χ3n) is 3.61. The summed E-state index contributed by atoms with van der Waals surface area (Å²) in [5, 5.41) is 20.2. The molecule has 3 rings (SSSR count). The lowest BCUT2D eigenvalue weighted by Gasteiger charge is -2.18. The van der Waals surface area contributed by atoms with Gasteiger partial charge in [-0.15, -0.1) is 5.10 Å². The maximum Gasteiger partial charge on any atom is 0.247 e. The van der Waals surface area contributed by atoms with E-state index in [1.807, 2.05) is 6.07 Å². The molecule has 2 heterocycles. The summed E-state index contributed by atoms with van der Waals surface area (Å²) < 4.78 is 7.13. The Morgan fingerprint density at radius 3 is 3.13 bits per heavy atom. The van der Waals surface area contributed by atoms with Crippen molar-refractivity contribution in [1.82, 2.24) is 20.2 Å². The van der Waals surface area contributed by atoms with E-state index in [1.54, 1.807) is 23.9 Å². The van der Waals surface area contributed by atoms with E-state index in [0.29, 0.717) is 30.2 Å². The monoisotopic (exact) mass is 313 g/mol. The number of likely N-dealkylation sites (N-methyl/N-ethyl adjacent to an activating group) is 1. The van der Waals surface area contributed by atoms with Gasteiger partial charge in [0.1, 0.15) is 18.4 Å². The molecular formula is C14H15N7O2. The average molecular weight is 313 g/mol. The van der Waals surface area contributed by atoms with E-state index in [1.165, 1.54) is 4.90 Å². The number of carbonyl (C=O) groups is 1. The number of benzene rings is 1. The molecule has 1 amide bonds. The summed E-state index contributed by atoms with van der Waals surface area (Å²) in [7, 11) is 1.65. The van der Waals surface area contributed by atoms with Crippen LogP contribution in [0.2, 0.25) is 0 Å². The van der Waals surface area contributed by atoms with E-state index in [0.717, 1.165) is 5.56 Å². The third kappa shape index (κ3) is 2.72. The van der Waals surface area contributed by atoms with Crippen molar-refractivity contribution in [3.63, 3.8) is 0 Å². The van der Waals surface area contributed by atoms with Crippen molar-refractivity contribution in [1.29, 1.82) is 5.26 Å². The molecule has 0 bridgehead atoms. The van der Waals surface area contributed by atoms with Crippen LogP contribution in [0.4, 0.5) is 5.69 Å². The molecule has 1 aromatic carbocycles. The Morgan fingerprint density at radius 2 is 2.35 bits per heavy atom. The zero-order valence-electron chi connectivity index (χ0n) is 12.5. The molecule has 0 radical (unpaired) electrons. The number of ether oxygens (including phenoxy) is 1. The van der Waals surface area contributed by atoms with Crippen molar-refractivity contribution in [3.8, 4) is 23.2 Å². The molecule has 0 aliphatic carbocycles. The lowest BCUT2D eigenvalue weighted by atomic mass is 10.1. The van der Waals surface area contributed by atoms with Crippen molar-refractivity contribution < 1.29 is 9.53 Å². The third-order valence-corrected chi connectivity index (χ3v) is 3.61. The minimum atomic E-state index is -0.697. The second-order valence-electron chi connectivity index (χ2n) is 5.13. The molecule has 0 saturated heterocycles. The highest BCUT2D eigenvalue weighted by Gasteiger charge is 2.27. The molecule has 2 aromatic rings. The number of hydrogen-bond donors (Lipinski definition) is 1. The van der Waals surface area contributed by atoms with Gasteiger partial charge in [0.15, 0.2) is 5.82 Å². The van der Waals surface area contributed by atoms with Gasteiger partial charge in [-0.3, -0.25) is 4.79 Å². The van der Waals surface area contributed by atoms with Gasteiger partial charge in [0, 0.05) is 12.6 Å². The molecule has 1 aliphatic heterocycles. The highest BCUT2D eigenvalue weighted by molar-refractivity contribution is 5.99. The maximum absolute atomic E-state index is 12.2. The number of hydrogen-bond acceptors (Lipinski definition) is 7. The fraction of sp³-hybridized carbons (Fsp3) is 0.357. The van der Waals surface area contributed by atoms with Gasteiger partial charge in [-0.1, -0.05) is 0 Å². The molecule has 0 saturated carbocycles. The minimum Gasteiger partial charge on any atom is -0.489 e. The minimum absolute atomic E-state index is 0.134. The highest BCUT2D eigenvalue weighted by atomic mass is 16.5. The van der Waals surface area contributed by atoms with Crippen LogP contribution >= 0.6 is 0 Å². The predicted molar refractivity (Wildman–Crippen MR) is 80.4 cm³/mol. The van der Waals surface area contributed by atoms with E-state index < -0.39 is 6.04 Å². The van der Waals surface area contributed by atoms with Gasteiger partial charge in [-0.25, -0.2) is 4.68 Å². The van der Waals surface area contributed by atoms with Gasteiger partial charge in [0.05, 0.1) is 24.7 Å². The number of nitriles is 1. The van der Waals surface area contributed by atoms with Gasteiger partial charge >= 0.3 is 0 Å². The smallest absolute Gasteiger partial charge is 0.247 e. The Hall–Kier alpha value is -2.99. The molecule has 1 atom stereocenters. The predicted octanol–water partition coefficient (Wildman–Crippen LogP) is -0.0637. The number of amides is 1. The summed E-state index contributed by atoms with van der Waals surface area (Å²) in [5.74, 6) is 0.885. The van der Waals surface area contributed by atoms with Crippen LogP contribution in [-0.4, -0.2) is 45.8 Å². The second-order valence-corrected chi connectivity index (χ2v) is 5.13. The van der Waals surface area contributed by atoms with Crippen LogP contribution in [0.3, 0.4) is 0 Å². The van der Waals surface area contributed by atoms with E-state index in [9.17, 15) is 4.79 Å². The number of nitrogens with two attached hydrogens (primary N) is 1. The Labute approximate surface area is 132 Å². The zero-order valence-corrected chi connectivity index (χ0v) is 12.5. The summed E-state index contributed by atoms with van der Waals surface area (Å²) >= 11 is 0. The number of fused-ring (bicyclic) bond motifs is 1. The largest absolute Gasteiger partial charge is 0.489 e. The van der Waals surface area contributed by atoms with Gasteiger partial charge in [-0.2, -0.15) is 5.26 Å². The summed E-state index contributed by atoms with van der Waals surface area (Å²) in [4.78, 5) is 13.6. The average Bonchev–Trinajstić information content (AvgIpc) is 3.01. The van der Waals surface area contributed by atoms with Gasteiger partial charge in [0.2, 0.25) is 5.91 Å². The first-order chi connectivity index (χ1) is 11.1. The Kier molecular flexibility index (Phi) is 3.91. The van der Waals surface area contributed by atoms with Crippen LogP contribution in [0.25, 0.3) is 11.4 Å². The van der Waals surface area contributed by atoms with Crippen LogP contribution in [-0.2, 0) is 11.3 Å². The standard InChI is InChI=1S/C14H15N7O2/c1-20-11-7-9(13-17-18-19-21(13)6-2-5-15)3-4-12(11)23-8-10(16)14(20)22/h3-4,7,10H,2,6,8,16H2,1H3/t10-/m0/s1. The number of aryl methyl sites for hydroxylation is 1. The molecule has 0 spiro atoms. The quantitative estimate of drug-likeness (QED) is 0.841. The van der Waals surface area contributed by atoms with Crippen LogP contribution in [0, 0.1) is 11.3 Å². The SMILES string of the molecule is CN1C(=O)[C@@H](N)COc2ccc(-c3nnnn3CCC#N)cc21. The summed E-state index contributed by atoms with van der Waals surface area (Å²) in [6.07, 6.45) is 0.305. The zero-order chi connectivity index (χ0) is 16.4. The highest BCUT2D eigenvalue weighted by Crippen LogP contribution is 2.34. The van der Waals surface area contributed by atoms with Crippen LogP contribution < -0.4 is 15.4 Å². The Morgan fingerprint density at radius 1 is 1.52 bits per heavy atom. The molecule has 1 aromatic heterocycles. The molecule has 0 unspecified atom stereocenters. The van der Waals surface area contributed by atoms with Gasteiger partial charge in [-0.05, 0) is 28.6 Å². The first-order valence-corrected chi connectivity index (χ1v) is 7.05. The van der Waals surface area contributed by atoms with Crippen LogP contribution in [0.15, 0.2) is 18.2 Å². The van der Waals surface area contributed by atoms with Crippen molar-refractivity contribution in [2.45, 2.75) is 19.0 Å². The maximum atomic E-state index is 12.2. The number of aromatic nitrogens is 4. The topological polar surface area (TPSA) is 123 Å². The molecule has 118 valence electrons. The summed E-state index contributed by atoms with van der Waals surface area (Å²) in [6.45, 7) is 0.529. The molecule has 1 aliphatic rings. The molecule has 9 nitrogen and oxygen atoms in total. The molecular weight excluding hydrogens is 298 g/mol. The Balaban J connectivity index is 2.00. The van der Waals surface area contributed by atoms with Crippen LogP contribution in [0.1, 0.15) is 6.42 Å². The van der Waals surface area contributed by atoms with E-state index in [2.05, 4.69) is 21.6 Å².